The van der Waals surface area contributed by atoms with Gasteiger partial charge in [0, 0.05) is 37.9 Å². The maximum Gasteiger partial charge on any atom is 0.241 e. The molecule has 3 N–H and O–H groups in total. The Kier molecular flexibility index (Phi) is 8.58. The normalized spacial score (nSPS) is 13.8. The fourth-order valence-corrected chi connectivity index (χ4v) is 5.53. The standard InChI is InChI=1S/C28H32N4O4S/c1-32(23-11-6-3-7-12-23)18-8-17-29-28(34)26(19-21-9-4-2-5-10-21)31-37(35,36)24-14-15-25-22(20-24)13-16-27(33)30-25/h2-7,9-12,14-15,20,26,31H,8,13,16-19H2,1H3,(H,29,34)(H,30,33)/t26-/m1/s1. The number of hydrogen-bond donors (Lipinski definition) is 3. The van der Waals surface area contributed by atoms with E-state index < -0.39 is 16.1 Å². The first kappa shape index (κ1) is 26.4. The van der Waals surface area contributed by atoms with Gasteiger partial charge in [0.05, 0.1) is 4.90 Å². The number of hydrogen-bond acceptors (Lipinski definition) is 5. The third-order valence-electron chi connectivity index (χ3n) is 6.35. The Bertz CT molecular complexity index is 1330. The molecular formula is C28H32N4O4S. The molecule has 0 radical (unpaired) electrons. The SMILES string of the molecule is CN(CCCNC(=O)[C@@H](Cc1ccccc1)NS(=O)(=O)c1ccc2c(c1)CCC(=O)N2)c1ccccc1. The molecule has 2 amide bonds. The van der Waals surface area contributed by atoms with Gasteiger partial charge in [-0.25, -0.2) is 8.42 Å². The molecule has 1 atom stereocenters. The molecule has 1 aliphatic rings. The quantitative estimate of drug-likeness (QED) is 0.337. The van der Waals surface area contributed by atoms with Crippen molar-refractivity contribution in [2.45, 2.75) is 36.6 Å². The third-order valence-corrected chi connectivity index (χ3v) is 7.81. The highest BCUT2D eigenvalue weighted by Crippen LogP contribution is 2.25. The Labute approximate surface area is 218 Å². The second-order valence-corrected chi connectivity index (χ2v) is 10.8. The minimum Gasteiger partial charge on any atom is -0.375 e. The van der Waals surface area contributed by atoms with Crippen LogP contribution in [0, 0.1) is 0 Å². The second-order valence-electron chi connectivity index (χ2n) is 9.13. The van der Waals surface area contributed by atoms with E-state index in [2.05, 4.69) is 20.3 Å². The second kappa shape index (κ2) is 12.0. The number of aryl methyl sites for hydroxylation is 1. The molecule has 0 spiro atoms. The average Bonchev–Trinajstić information content (AvgIpc) is 2.91. The predicted molar refractivity (Wildman–Crippen MR) is 145 cm³/mol. The zero-order chi connectivity index (χ0) is 26.3. The predicted octanol–water partition coefficient (Wildman–Crippen LogP) is 3.10. The summed E-state index contributed by atoms with van der Waals surface area (Å²) in [6.07, 6.45) is 1.70. The topological polar surface area (TPSA) is 108 Å². The summed E-state index contributed by atoms with van der Waals surface area (Å²) in [4.78, 5) is 26.9. The van der Waals surface area contributed by atoms with Crippen LogP contribution in [0.2, 0.25) is 0 Å². The van der Waals surface area contributed by atoms with Crippen LogP contribution in [0.5, 0.6) is 0 Å². The van der Waals surface area contributed by atoms with Gasteiger partial charge < -0.3 is 15.5 Å². The minimum absolute atomic E-state index is 0.0674. The van der Waals surface area contributed by atoms with Crippen molar-refractivity contribution in [3.63, 3.8) is 0 Å². The highest BCUT2D eigenvalue weighted by molar-refractivity contribution is 7.89. The number of carbonyl (C=O) groups excluding carboxylic acids is 2. The van der Waals surface area contributed by atoms with Gasteiger partial charge in [0.2, 0.25) is 21.8 Å². The van der Waals surface area contributed by atoms with E-state index in [0.717, 1.165) is 23.4 Å². The van der Waals surface area contributed by atoms with Gasteiger partial charge in [-0.1, -0.05) is 48.5 Å². The summed E-state index contributed by atoms with van der Waals surface area (Å²) in [5.41, 5.74) is 3.32. The van der Waals surface area contributed by atoms with Crippen LogP contribution in [0.1, 0.15) is 24.0 Å². The van der Waals surface area contributed by atoms with Crippen molar-refractivity contribution in [2.24, 2.45) is 0 Å². The molecule has 0 aromatic heterocycles. The lowest BCUT2D eigenvalue weighted by Gasteiger charge is -2.22. The molecule has 1 aliphatic heterocycles. The van der Waals surface area contributed by atoms with Crippen LogP contribution in [0.4, 0.5) is 11.4 Å². The molecule has 0 aliphatic carbocycles. The van der Waals surface area contributed by atoms with E-state index in [-0.39, 0.29) is 23.1 Å². The van der Waals surface area contributed by atoms with Gasteiger partial charge in [-0.15, -0.1) is 0 Å². The molecule has 1 heterocycles. The molecule has 3 aromatic rings. The number of nitrogens with one attached hydrogen (secondary N) is 3. The van der Waals surface area contributed by atoms with E-state index in [4.69, 9.17) is 0 Å². The molecule has 37 heavy (non-hydrogen) atoms. The fourth-order valence-electron chi connectivity index (χ4n) is 4.28. The Morgan fingerprint density at radius 3 is 2.43 bits per heavy atom. The lowest BCUT2D eigenvalue weighted by atomic mass is 10.0. The van der Waals surface area contributed by atoms with E-state index in [1.165, 1.54) is 6.07 Å². The zero-order valence-electron chi connectivity index (χ0n) is 20.8. The number of para-hydroxylation sites is 1. The summed E-state index contributed by atoms with van der Waals surface area (Å²) in [6.45, 7) is 1.16. The fraction of sp³-hybridized carbons (Fsp3) is 0.286. The van der Waals surface area contributed by atoms with Crippen molar-refractivity contribution in [3.8, 4) is 0 Å². The summed E-state index contributed by atoms with van der Waals surface area (Å²) < 4.78 is 29.2. The van der Waals surface area contributed by atoms with Crippen molar-refractivity contribution in [1.82, 2.24) is 10.0 Å². The molecule has 3 aromatic carbocycles. The summed E-state index contributed by atoms with van der Waals surface area (Å²) in [6, 6.07) is 22.9. The smallest absolute Gasteiger partial charge is 0.241 e. The Hall–Kier alpha value is -3.69. The van der Waals surface area contributed by atoms with Crippen molar-refractivity contribution < 1.29 is 18.0 Å². The number of anilines is 2. The van der Waals surface area contributed by atoms with Crippen molar-refractivity contribution >= 4 is 33.2 Å². The molecule has 0 bridgehead atoms. The van der Waals surface area contributed by atoms with E-state index in [1.807, 2.05) is 67.7 Å². The maximum absolute atomic E-state index is 13.3. The minimum atomic E-state index is -3.98. The number of benzene rings is 3. The van der Waals surface area contributed by atoms with Gasteiger partial charge in [0.25, 0.3) is 0 Å². The van der Waals surface area contributed by atoms with Crippen molar-refractivity contribution in [3.05, 3.63) is 90.0 Å². The van der Waals surface area contributed by atoms with Crippen LogP contribution in [-0.4, -0.2) is 46.4 Å². The molecule has 0 fully saturated rings. The lowest BCUT2D eigenvalue weighted by Crippen LogP contribution is -2.48. The molecular weight excluding hydrogens is 488 g/mol. The molecule has 4 rings (SSSR count). The highest BCUT2D eigenvalue weighted by atomic mass is 32.2. The highest BCUT2D eigenvalue weighted by Gasteiger charge is 2.27. The van der Waals surface area contributed by atoms with E-state index in [1.54, 1.807) is 12.1 Å². The summed E-state index contributed by atoms with van der Waals surface area (Å²) in [7, 11) is -1.99. The molecule has 9 heteroatoms. The van der Waals surface area contributed by atoms with Crippen LogP contribution in [0.25, 0.3) is 0 Å². The van der Waals surface area contributed by atoms with Crippen LogP contribution in [-0.2, 0) is 32.5 Å². The van der Waals surface area contributed by atoms with E-state index in [9.17, 15) is 18.0 Å². The monoisotopic (exact) mass is 520 g/mol. The van der Waals surface area contributed by atoms with Gasteiger partial charge in [-0.2, -0.15) is 4.72 Å². The molecule has 8 nitrogen and oxygen atoms in total. The number of amides is 2. The number of fused-ring (bicyclic) bond motifs is 1. The first-order chi connectivity index (χ1) is 17.8. The van der Waals surface area contributed by atoms with Gasteiger partial charge in [-0.3, -0.25) is 9.59 Å². The summed E-state index contributed by atoms with van der Waals surface area (Å²) >= 11 is 0. The molecule has 0 saturated carbocycles. The Morgan fingerprint density at radius 1 is 1.00 bits per heavy atom. The third kappa shape index (κ3) is 7.18. The summed E-state index contributed by atoms with van der Waals surface area (Å²) in [5, 5.41) is 5.65. The van der Waals surface area contributed by atoms with Gasteiger partial charge >= 0.3 is 0 Å². The average molecular weight is 521 g/mol. The maximum atomic E-state index is 13.3. The van der Waals surface area contributed by atoms with Gasteiger partial charge in [0.1, 0.15) is 6.04 Å². The largest absolute Gasteiger partial charge is 0.375 e. The van der Waals surface area contributed by atoms with Crippen LogP contribution >= 0.6 is 0 Å². The van der Waals surface area contributed by atoms with Crippen molar-refractivity contribution in [2.75, 3.05) is 30.4 Å². The molecule has 194 valence electrons. The van der Waals surface area contributed by atoms with Gasteiger partial charge in [-0.05, 0) is 60.7 Å². The first-order valence-electron chi connectivity index (χ1n) is 12.3. The van der Waals surface area contributed by atoms with Crippen molar-refractivity contribution in [1.29, 1.82) is 0 Å². The molecule has 0 saturated heterocycles. The number of nitrogens with zero attached hydrogens (tertiary/aromatic N) is 1. The van der Waals surface area contributed by atoms with Crippen LogP contribution in [0.3, 0.4) is 0 Å². The number of carbonyl (C=O) groups is 2. The first-order valence-corrected chi connectivity index (χ1v) is 13.8. The Balaban J connectivity index is 1.42. The van der Waals surface area contributed by atoms with Crippen LogP contribution < -0.4 is 20.3 Å². The lowest BCUT2D eigenvalue weighted by molar-refractivity contribution is -0.122. The molecule has 0 unspecified atom stereocenters. The number of sulfonamides is 1. The summed E-state index contributed by atoms with van der Waals surface area (Å²) in [5.74, 6) is -0.462. The van der Waals surface area contributed by atoms with E-state index in [0.29, 0.717) is 31.5 Å². The number of rotatable bonds is 11. The van der Waals surface area contributed by atoms with E-state index >= 15 is 0 Å². The van der Waals surface area contributed by atoms with Crippen LogP contribution in [0.15, 0.2) is 83.8 Å². The Morgan fingerprint density at radius 2 is 1.70 bits per heavy atom. The zero-order valence-corrected chi connectivity index (χ0v) is 21.6. The van der Waals surface area contributed by atoms with Gasteiger partial charge in [0.15, 0.2) is 0 Å².